The highest BCUT2D eigenvalue weighted by molar-refractivity contribution is 8.00. The van der Waals surface area contributed by atoms with Crippen molar-refractivity contribution in [3.63, 3.8) is 0 Å². The normalized spacial score (nSPS) is 14.4. The molecule has 0 unspecified atom stereocenters. The van der Waals surface area contributed by atoms with Gasteiger partial charge in [-0.15, -0.1) is 11.3 Å². The van der Waals surface area contributed by atoms with Crippen LogP contribution in [0.25, 0.3) is 10.2 Å². The minimum absolute atomic E-state index is 0.185. The summed E-state index contributed by atoms with van der Waals surface area (Å²) in [5.74, 6) is 2.13. The van der Waals surface area contributed by atoms with Gasteiger partial charge in [-0.05, 0) is 46.1 Å². The fourth-order valence-electron chi connectivity index (χ4n) is 2.65. The second-order valence-corrected chi connectivity index (χ2v) is 8.15. The van der Waals surface area contributed by atoms with Gasteiger partial charge in [-0.3, -0.25) is 4.79 Å². The quantitative estimate of drug-likeness (QED) is 0.581. The number of aryl methyl sites for hydroxylation is 2. The molecule has 23 heavy (non-hydrogen) atoms. The Morgan fingerprint density at radius 3 is 2.57 bits per heavy atom. The maximum Gasteiger partial charge on any atom is 0.232 e. The molecule has 1 aliphatic rings. The minimum atomic E-state index is 0.185. The summed E-state index contributed by atoms with van der Waals surface area (Å²) in [6, 6.07) is 0. The molecule has 0 aliphatic heterocycles. The van der Waals surface area contributed by atoms with Crippen LogP contribution >= 0.6 is 23.1 Å². The van der Waals surface area contributed by atoms with Crippen LogP contribution in [0.5, 0.6) is 0 Å². The molecular formula is C17H23N3OS2. The van der Waals surface area contributed by atoms with Gasteiger partial charge in [-0.2, -0.15) is 0 Å². The highest BCUT2D eigenvalue weighted by Gasteiger charge is 2.28. The molecule has 3 rings (SSSR count). The summed E-state index contributed by atoms with van der Waals surface area (Å²) < 4.78 is 0. The van der Waals surface area contributed by atoms with Gasteiger partial charge in [-0.1, -0.05) is 11.8 Å². The van der Waals surface area contributed by atoms with E-state index in [1.807, 2.05) is 18.7 Å². The summed E-state index contributed by atoms with van der Waals surface area (Å²) in [4.78, 5) is 26.1. The largest absolute Gasteiger partial charge is 0.343 e. The van der Waals surface area contributed by atoms with Crippen molar-refractivity contribution in [3.05, 3.63) is 16.3 Å². The van der Waals surface area contributed by atoms with Crippen LogP contribution in [0.15, 0.2) is 5.03 Å². The van der Waals surface area contributed by atoms with E-state index in [-0.39, 0.29) is 5.91 Å². The molecule has 0 N–H and O–H groups in total. The van der Waals surface area contributed by atoms with Crippen molar-refractivity contribution < 1.29 is 4.79 Å². The van der Waals surface area contributed by atoms with Crippen molar-refractivity contribution in [3.8, 4) is 0 Å². The smallest absolute Gasteiger partial charge is 0.232 e. The van der Waals surface area contributed by atoms with Crippen molar-refractivity contribution in [2.75, 3.05) is 18.8 Å². The number of hydrogen-bond acceptors (Lipinski definition) is 5. The van der Waals surface area contributed by atoms with Crippen LogP contribution in [0, 0.1) is 13.8 Å². The van der Waals surface area contributed by atoms with Crippen LogP contribution in [0.3, 0.4) is 0 Å². The van der Waals surface area contributed by atoms with Gasteiger partial charge in [0, 0.05) is 29.3 Å². The molecule has 6 heteroatoms. The van der Waals surface area contributed by atoms with Gasteiger partial charge in [0.05, 0.1) is 5.75 Å². The number of rotatable bonds is 6. The van der Waals surface area contributed by atoms with Crippen LogP contribution in [0.1, 0.15) is 48.9 Å². The lowest BCUT2D eigenvalue weighted by Gasteiger charge is -2.18. The molecule has 1 aliphatic carbocycles. The number of fused-ring (bicyclic) bond motifs is 1. The van der Waals surface area contributed by atoms with E-state index in [2.05, 4.69) is 13.8 Å². The van der Waals surface area contributed by atoms with Crippen molar-refractivity contribution >= 4 is 39.2 Å². The molecule has 0 saturated heterocycles. The highest BCUT2D eigenvalue weighted by atomic mass is 32.2. The highest BCUT2D eigenvalue weighted by Crippen LogP contribution is 2.42. The first-order chi connectivity index (χ1) is 11.0. The Hall–Kier alpha value is -1.14. The SMILES string of the molecule is CCN(CC)C(=O)CSc1nc(C2CC2)nc2sc(C)c(C)c12. The van der Waals surface area contributed by atoms with Gasteiger partial charge in [0.25, 0.3) is 0 Å². The molecule has 1 saturated carbocycles. The fraction of sp³-hybridized carbons (Fsp3) is 0.588. The average molecular weight is 350 g/mol. The second kappa shape index (κ2) is 6.77. The molecule has 1 fully saturated rings. The predicted octanol–water partition coefficient (Wildman–Crippen LogP) is 4.15. The monoisotopic (exact) mass is 349 g/mol. The van der Waals surface area contributed by atoms with Crippen molar-refractivity contribution in [1.82, 2.24) is 14.9 Å². The van der Waals surface area contributed by atoms with E-state index in [1.165, 1.54) is 23.3 Å². The molecule has 124 valence electrons. The lowest BCUT2D eigenvalue weighted by Crippen LogP contribution is -2.31. The Bertz CT molecular complexity index is 733. The lowest BCUT2D eigenvalue weighted by atomic mass is 10.2. The van der Waals surface area contributed by atoms with Gasteiger partial charge in [-0.25, -0.2) is 9.97 Å². The summed E-state index contributed by atoms with van der Waals surface area (Å²) in [6.07, 6.45) is 2.38. The second-order valence-electron chi connectivity index (χ2n) is 5.98. The number of nitrogens with zero attached hydrogens (tertiary/aromatic N) is 3. The molecule has 2 aromatic rings. The molecule has 0 spiro atoms. The number of carbonyl (C=O) groups is 1. The molecule has 1 amide bonds. The maximum absolute atomic E-state index is 12.3. The number of amides is 1. The predicted molar refractivity (Wildman–Crippen MR) is 97.5 cm³/mol. The Morgan fingerprint density at radius 1 is 1.26 bits per heavy atom. The Labute approximate surface area is 145 Å². The summed E-state index contributed by atoms with van der Waals surface area (Å²) >= 11 is 3.31. The van der Waals surface area contributed by atoms with Crippen molar-refractivity contribution in [2.45, 2.75) is 51.5 Å². The third kappa shape index (κ3) is 3.38. The molecule has 0 bridgehead atoms. The number of thioether (sulfide) groups is 1. The van der Waals surface area contributed by atoms with E-state index in [0.717, 1.165) is 34.2 Å². The third-order valence-corrected chi connectivity index (χ3v) is 6.47. The Morgan fingerprint density at radius 2 is 1.96 bits per heavy atom. The first-order valence-electron chi connectivity index (χ1n) is 8.23. The summed E-state index contributed by atoms with van der Waals surface area (Å²) in [7, 11) is 0. The topological polar surface area (TPSA) is 46.1 Å². The maximum atomic E-state index is 12.3. The molecule has 0 atom stereocenters. The minimum Gasteiger partial charge on any atom is -0.343 e. The zero-order valence-corrected chi connectivity index (χ0v) is 15.8. The number of hydrogen-bond donors (Lipinski definition) is 0. The molecule has 4 nitrogen and oxygen atoms in total. The van der Waals surface area contributed by atoms with E-state index >= 15 is 0 Å². The molecule has 0 radical (unpaired) electrons. The summed E-state index contributed by atoms with van der Waals surface area (Å²) in [6.45, 7) is 9.83. The first-order valence-corrected chi connectivity index (χ1v) is 10.0. The van der Waals surface area contributed by atoms with Gasteiger partial charge in [0.15, 0.2) is 0 Å². The van der Waals surface area contributed by atoms with Crippen LogP contribution in [-0.2, 0) is 4.79 Å². The van der Waals surface area contributed by atoms with Gasteiger partial charge < -0.3 is 4.90 Å². The van der Waals surface area contributed by atoms with Crippen molar-refractivity contribution in [1.29, 1.82) is 0 Å². The molecule has 2 heterocycles. The molecule has 2 aromatic heterocycles. The number of thiophene rings is 1. The van der Waals surface area contributed by atoms with Crippen LogP contribution in [0.4, 0.5) is 0 Å². The van der Waals surface area contributed by atoms with E-state index in [9.17, 15) is 4.79 Å². The van der Waals surface area contributed by atoms with Crippen LogP contribution in [0.2, 0.25) is 0 Å². The van der Waals surface area contributed by atoms with E-state index in [1.54, 1.807) is 23.1 Å². The van der Waals surface area contributed by atoms with Crippen LogP contribution < -0.4 is 0 Å². The Balaban J connectivity index is 1.90. The van der Waals surface area contributed by atoms with E-state index < -0.39 is 0 Å². The molecular weight excluding hydrogens is 326 g/mol. The van der Waals surface area contributed by atoms with Crippen molar-refractivity contribution in [2.24, 2.45) is 0 Å². The number of carbonyl (C=O) groups excluding carboxylic acids is 1. The van der Waals surface area contributed by atoms with Gasteiger partial charge in [0.2, 0.25) is 5.91 Å². The van der Waals surface area contributed by atoms with E-state index in [0.29, 0.717) is 11.7 Å². The third-order valence-electron chi connectivity index (χ3n) is 4.40. The zero-order valence-electron chi connectivity index (χ0n) is 14.2. The van der Waals surface area contributed by atoms with Gasteiger partial charge >= 0.3 is 0 Å². The van der Waals surface area contributed by atoms with E-state index in [4.69, 9.17) is 9.97 Å². The zero-order chi connectivity index (χ0) is 16.6. The fourth-order valence-corrected chi connectivity index (χ4v) is 4.75. The van der Waals surface area contributed by atoms with Crippen LogP contribution in [-0.4, -0.2) is 39.6 Å². The van der Waals surface area contributed by atoms with Gasteiger partial charge in [0.1, 0.15) is 15.7 Å². The lowest BCUT2D eigenvalue weighted by molar-refractivity contribution is -0.127. The first kappa shape index (κ1) is 16.7. The molecule has 0 aromatic carbocycles. The average Bonchev–Trinajstić information content (AvgIpc) is 3.34. The standard InChI is InChI=1S/C17H23N3OS2/c1-5-20(6-2)13(21)9-22-16-14-10(3)11(4)23-17(14)19-15(18-16)12-7-8-12/h12H,5-9H2,1-4H3. The summed E-state index contributed by atoms with van der Waals surface area (Å²) in [5.41, 5.74) is 1.25. The Kier molecular flexibility index (Phi) is 4.92. The summed E-state index contributed by atoms with van der Waals surface area (Å²) in [5, 5.41) is 2.13. The number of aromatic nitrogens is 2.